The largest absolute Gasteiger partial charge is 0.386 e. The molecule has 0 aliphatic heterocycles. The molecule has 2 aromatic carbocycles. The molecular weight excluding hydrogens is 320 g/mol. The van der Waals surface area contributed by atoms with E-state index in [1.54, 1.807) is 72.1 Å². The highest BCUT2D eigenvalue weighted by atomic mass is 32.2. The Morgan fingerprint density at radius 2 is 1.00 bits per heavy atom. The van der Waals surface area contributed by atoms with Gasteiger partial charge in [-0.3, -0.25) is 0 Å². The van der Waals surface area contributed by atoms with Gasteiger partial charge in [-0.2, -0.15) is 0 Å². The second-order valence-electron chi connectivity index (χ2n) is 4.20. The van der Waals surface area contributed by atoms with Crippen molar-refractivity contribution in [2.75, 3.05) is 12.5 Å². The van der Waals surface area contributed by atoms with Crippen LogP contribution in [0.1, 0.15) is 20.7 Å². The lowest BCUT2D eigenvalue weighted by Crippen LogP contribution is -2.11. The monoisotopic (exact) mass is 334 g/mol. The van der Waals surface area contributed by atoms with Gasteiger partial charge in [0.15, 0.2) is 0 Å². The van der Waals surface area contributed by atoms with Gasteiger partial charge in [-0.15, -0.1) is 23.5 Å². The summed E-state index contributed by atoms with van der Waals surface area (Å²) in [6.45, 7) is 0. The molecule has 0 N–H and O–H groups in total. The Labute approximate surface area is 137 Å². The number of carbonyl (C=O) groups excluding carboxylic acids is 2. The Morgan fingerprint density at radius 1 is 0.682 bits per heavy atom. The van der Waals surface area contributed by atoms with Gasteiger partial charge in [0.1, 0.15) is 0 Å². The Kier molecular flexibility index (Phi) is 5.91. The van der Waals surface area contributed by atoms with Crippen molar-refractivity contribution in [3.8, 4) is 0 Å². The summed E-state index contributed by atoms with van der Waals surface area (Å²) in [4.78, 5) is 34.7. The van der Waals surface area contributed by atoms with E-state index in [0.717, 1.165) is 9.79 Å². The van der Waals surface area contributed by atoms with Crippen LogP contribution in [-0.4, -0.2) is 24.5 Å². The molecule has 4 nitrogen and oxygen atoms in total. The number of carbonyl (C=O) groups is 2. The fourth-order valence-corrected chi connectivity index (χ4v) is 2.44. The van der Waals surface area contributed by atoms with E-state index in [-0.39, 0.29) is 0 Å². The van der Waals surface area contributed by atoms with E-state index in [1.807, 2.05) is 12.5 Å². The normalized spacial score (nSPS) is 10.1. The van der Waals surface area contributed by atoms with Crippen LogP contribution in [0.3, 0.4) is 0 Å². The zero-order valence-electron chi connectivity index (χ0n) is 12.1. The Balaban J connectivity index is 1.92. The molecule has 2 rings (SSSR count). The maximum Gasteiger partial charge on any atom is 0.386 e. The van der Waals surface area contributed by atoms with Crippen molar-refractivity contribution in [1.29, 1.82) is 0 Å². The lowest BCUT2D eigenvalue weighted by atomic mass is 10.2. The highest BCUT2D eigenvalue weighted by molar-refractivity contribution is 7.98. The first kappa shape index (κ1) is 16.5. The summed E-state index contributed by atoms with van der Waals surface area (Å²) in [6, 6.07) is 13.7. The summed E-state index contributed by atoms with van der Waals surface area (Å²) < 4.78 is 0. The molecule has 22 heavy (non-hydrogen) atoms. The van der Waals surface area contributed by atoms with Crippen LogP contribution in [0.4, 0.5) is 0 Å². The summed E-state index contributed by atoms with van der Waals surface area (Å²) in [5.74, 6) is -1.41. The minimum Gasteiger partial charge on any atom is -0.242 e. The molecule has 0 radical (unpaired) electrons. The maximum atomic E-state index is 11.8. The number of rotatable bonds is 4. The van der Waals surface area contributed by atoms with Gasteiger partial charge >= 0.3 is 11.9 Å². The van der Waals surface area contributed by atoms with Gasteiger partial charge in [0.05, 0.1) is 11.1 Å². The molecule has 0 amide bonds. The van der Waals surface area contributed by atoms with Crippen molar-refractivity contribution in [2.45, 2.75) is 9.79 Å². The van der Waals surface area contributed by atoms with Gasteiger partial charge in [0, 0.05) is 9.79 Å². The Hall–Kier alpha value is -1.92. The topological polar surface area (TPSA) is 52.6 Å². The molecule has 0 aliphatic rings. The third kappa shape index (κ3) is 4.29. The smallest absolute Gasteiger partial charge is 0.242 e. The Morgan fingerprint density at radius 3 is 1.27 bits per heavy atom. The molecule has 0 fully saturated rings. The lowest BCUT2D eigenvalue weighted by molar-refractivity contribution is -0.187. The molecule has 0 heterocycles. The van der Waals surface area contributed by atoms with Crippen LogP contribution in [0, 0.1) is 0 Å². The second kappa shape index (κ2) is 7.91. The lowest BCUT2D eigenvalue weighted by Gasteiger charge is -2.04. The summed E-state index contributed by atoms with van der Waals surface area (Å²) in [5.41, 5.74) is 0.645. The highest BCUT2D eigenvalue weighted by Gasteiger charge is 2.14. The number of hydrogen-bond donors (Lipinski definition) is 0. The van der Waals surface area contributed by atoms with Crippen molar-refractivity contribution in [3.05, 3.63) is 59.7 Å². The second-order valence-corrected chi connectivity index (χ2v) is 5.96. The van der Waals surface area contributed by atoms with E-state index in [9.17, 15) is 9.59 Å². The highest BCUT2D eigenvalue weighted by Crippen LogP contribution is 2.17. The summed E-state index contributed by atoms with van der Waals surface area (Å²) >= 11 is 3.14. The fraction of sp³-hybridized carbons (Fsp3) is 0.125. The minimum atomic E-state index is -0.707. The van der Waals surface area contributed by atoms with Crippen LogP contribution in [0.5, 0.6) is 0 Å². The standard InChI is InChI=1S/C16H14O4S2/c1-21-13-7-3-11(4-8-13)15(17)19-20-16(18)12-5-9-14(22-2)10-6-12/h3-10H,1-2H3. The zero-order chi connectivity index (χ0) is 15.9. The van der Waals surface area contributed by atoms with E-state index in [1.165, 1.54) is 0 Å². The fourth-order valence-electron chi connectivity index (χ4n) is 1.63. The van der Waals surface area contributed by atoms with Gasteiger partial charge < -0.3 is 0 Å². The average Bonchev–Trinajstić information content (AvgIpc) is 2.59. The third-order valence-corrected chi connectivity index (χ3v) is 4.33. The molecule has 0 bridgehead atoms. The predicted molar refractivity (Wildman–Crippen MR) is 87.3 cm³/mol. The van der Waals surface area contributed by atoms with Gasteiger partial charge in [-0.1, -0.05) is 0 Å². The van der Waals surface area contributed by atoms with Gasteiger partial charge in [0.2, 0.25) is 0 Å². The van der Waals surface area contributed by atoms with Crippen molar-refractivity contribution < 1.29 is 19.4 Å². The maximum absolute atomic E-state index is 11.8. The van der Waals surface area contributed by atoms with Gasteiger partial charge in [-0.25, -0.2) is 19.4 Å². The van der Waals surface area contributed by atoms with Crippen LogP contribution < -0.4 is 0 Å². The molecule has 0 aromatic heterocycles. The van der Waals surface area contributed by atoms with Crippen molar-refractivity contribution >= 4 is 35.5 Å². The molecule has 0 saturated heterocycles. The summed E-state index contributed by atoms with van der Waals surface area (Å²) in [5, 5.41) is 0. The van der Waals surface area contributed by atoms with Gasteiger partial charge in [-0.05, 0) is 61.0 Å². The van der Waals surface area contributed by atoms with E-state index >= 15 is 0 Å². The average molecular weight is 334 g/mol. The molecule has 0 saturated carbocycles. The van der Waals surface area contributed by atoms with Crippen molar-refractivity contribution in [3.63, 3.8) is 0 Å². The molecule has 0 unspecified atom stereocenters. The first-order chi connectivity index (χ1) is 10.6. The SMILES string of the molecule is CSc1ccc(C(=O)OOC(=O)c2ccc(SC)cc2)cc1. The van der Waals surface area contributed by atoms with Crippen LogP contribution in [0.25, 0.3) is 0 Å². The quantitative estimate of drug-likeness (QED) is 0.477. The van der Waals surface area contributed by atoms with Crippen molar-refractivity contribution in [2.24, 2.45) is 0 Å². The van der Waals surface area contributed by atoms with Gasteiger partial charge in [0.25, 0.3) is 0 Å². The Bertz CT molecular complexity index is 591. The molecule has 2 aromatic rings. The van der Waals surface area contributed by atoms with E-state index < -0.39 is 11.9 Å². The first-order valence-corrected chi connectivity index (χ1v) is 8.80. The zero-order valence-corrected chi connectivity index (χ0v) is 13.7. The van der Waals surface area contributed by atoms with Crippen LogP contribution >= 0.6 is 23.5 Å². The van der Waals surface area contributed by atoms with E-state index in [0.29, 0.717) is 11.1 Å². The number of benzene rings is 2. The molecule has 0 atom stereocenters. The minimum absolute atomic E-state index is 0.323. The van der Waals surface area contributed by atoms with E-state index in [4.69, 9.17) is 0 Å². The van der Waals surface area contributed by atoms with Crippen LogP contribution in [0.15, 0.2) is 58.3 Å². The predicted octanol–water partition coefficient (Wildman–Crippen LogP) is 4.06. The molecule has 0 aliphatic carbocycles. The summed E-state index contributed by atoms with van der Waals surface area (Å²) in [6.07, 6.45) is 3.88. The van der Waals surface area contributed by atoms with Crippen molar-refractivity contribution in [1.82, 2.24) is 0 Å². The molecule has 114 valence electrons. The third-order valence-electron chi connectivity index (χ3n) is 2.84. The summed E-state index contributed by atoms with van der Waals surface area (Å²) in [7, 11) is 0. The molecular formula is C16H14O4S2. The molecule has 6 heteroatoms. The number of thioether (sulfide) groups is 2. The first-order valence-electron chi connectivity index (χ1n) is 6.35. The van der Waals surface area contributed by atoms with Crippen LogP contribution in [0.2, 0.25) is 0 Å². The number of hydrogen-bond acceptors (Lipinski definition) is 6. The molecule has 0 spiro atoms. The van der Waals surface area contributed by atoms with Crippen LogP contribution in [-0.2, 0) is 9.78 Å². The van der Waals surface area contributed by atoms with E-state index in [2.05, 4.69) is 9.78 Å².